The summed E-state index contributed by atoms with van der Waals surface area (Å²) in [4.78, 5) is 34.7. The van der Waals surface area contributed by atoms with Crippen LogP contribution in [0.5, 0.6) is 11.5 Å². The molecular formula is C24H31BrN3O7+. The summed E-state index contributed by atoms with van der Waals surface area (Å²) in [5.74, 6) is -2.43. The second kappa shape index (κ2) is 12.5. The molecule has 6 N–H and O–H groups in total. The zero-order chi connectivity index (χ0) is 26.2. The molecule has 0 radical (unpaired) electrons. The third-order valence-corrected chi connectivity index (χ3v) is 6.04. The number of quaternary nitrogens is 1. The molecule has 0 aliphatic heterocycles. The van der Waals surface area contributed by atoms with Gasteiger partial charge in [0.05, 0.1) is 24.0 Å². The first kappa shape index (κ1) is 28.1. The summed E-state index contributed by atoms with van der Waals surface area (Å²) in [5, 5.41) is 45.6. The minimum absolute atomic E-state index is 0.0529. The Morgan fingerprint density at radius 1 is 0.971 bits per heavy atom. The number of amides is 1. The highest BCUT2D eigenvalue weighted by Gasteiger charge is 2.33. The molecule has 0 saturated heterocycles. The number of phenolic OH excluding ortho intramolecular Hbond substituents is 2. The van der Waals surface area contributed by atoms with Crippen molar-refractivity contribution < 1.29 is 39.3 Å². The Hall–Kier alpha value is -3.15. The molecule has 2 aromatic rings. The standard InChI is InChI=1S/C24H30BrN3O7/c1-15-7-16(2)24(35)18(8-15)13-28(14-23(33)34,6-5-26-11-22(31)32)12-17-9-19(3-4-20(17)29)27-21(30)10-25/h3-4,7-9,26H,5-6,10-14H2,1-2H3,(H4-,27,29,30,31,32,33,34,35)/p+1. The SMILES string of the molecule is Cc1cc(C)c(O)c(C[N+](CCNCC(=O)O)(CC(=O)O)Cc2cc(NC(=O)CBr)ccc2O)c1. The number of carboxylic acids is 2. The van der Waals surface area contributed by atoms with Crippen molar-refractivity contribution >= 4 is 39.5 Å². The van der Waals surface area contributed by atoms with Crippen LogP contribution in [0.15, 0.2) is 30.3 Å². The van der Waals surface area contributed by atoms with Gasteiger partial charge < -0.3 is 35.5 Å². The van der Waals surface area contributed by atoms with Crippen LogP contribution in [0.4, 0.5) is 5.69 Å². The van der Waals surface area contributed by atoms with E-state index in [9.17, 15) is 29.7 Å². The average molecular weight is 553 g/mol. The van der Waals surface area contributed by atoms with Crippen LogP contribution in [-0.2, 0) is 27.5 Å². The van der Waals surface area contributed by atoms with Crippen molar-refractivity contribution in [3.63, 3.8) is 0 Å². The van der Waals surface area contributed by atoms with Crippen LogP contribution in [0, 0.1) is 13.8 Å². The van der Waals surface area contributed by atoms with Crippen molar-refractivity contribution in [1.82, 2.24) is 5.32 Å². The van der Waals surface area contributed by atoms with Crippen LogP contribution in [0.25, 0.3) is 0 Å². The molecule has 0 bridgehead atoms. The summed E-state index contributed by atoms with van der Waals surface area (Å²) in [5.41, 5.74) is 2.94. The number of carbonyl (C=O) groups excluding carboxylic acids is 1. The van der Waals surface area contributed by atoms with Crippen LogP contribution >= 0.6 is 15.9 Å². The summed E-state index contributed by atoms with van der Waals surface area (Å²) < 4.78 is -0.123. The summed E-state index contributed by atoms with van der Waals surface area (Å²) in [6.45, 7) is 3.55. The molecule has 1 amide bonds. The first-order chi connectivity index (χ1) is 16.4. The summed E-state index contributed by atoms with van der Waals surface area (Å²) >= 11 is 3.08. The van der Waals surface area contributed by atoms with Gasteiger partial charge >= 0.3 is 11.9 Å². The molecule has 10 nitrogen and oxygen atoms in total. The number of halogens is 1. The predicted octanol–water partition coefficient (Wildman–Crippen LogP) is 2.32. The Bertz CT molecular complexity index is 1090. The number of carbonyl (C=O) groups is 3. The van der Waals surface area contributed by atoms with Gasteiger partial charge in [0.2, 0.25) is 5.91 Å². The number of hydrogen-bond donors (Lipinski definition) is 6. The molecule has 0 aliphatic carbocycles. The molecule has 0 saturated carbocycles. The normalized spacial score (nSPS) is 12.7. The lowest BCUT2D eigenvalue weighted by Gasteiger charge is -2.38. The minimum atomic E-state index is -1.09. The van der Waals surface area contributed by atoms with Crippen LogP contribution in [0.3, 0.4) is 0 Å². The molecule has 11 heteroatoms. The summed E-state index contributed by atoms with van der Waals surface area (Å²) in [6.07, 6.45) is 0. The molecule has 2 rings (SSSR count). The van der Waals surface area contributed by atoms with Gasteiger partial charge in [0.1, 0.15) is 24.6 Å². The van der Waals surface area contributed by atoms with Crippen LogP contribution < -0.4 is 10.6 Å². The van der Waals surface area contributed by atoms with Gasteiger partial charge in [-0.1, -0.05) is 27.6 Å². The highest BCUT2D eigenvalue weighted by Crippen LogP contribution is 2.31. The Kier molecular flexibility index (Phi) is 10.1. The molecule has 2 aromatic carbocycles. The van der Waals surface area contributed by atoms with Crippen molar-refractivity contribution in [1.29, 1.82) is 0 Å². The molecule has 0 aliphatic rings. The van der Waals surface area contributed by atoms with Gasteiger partial charge in [-0.2, -0.15) is 0 Å². The lowest BCUT2D eigenvalue weighted by atomic mass is 10.0. The third-order valence-electron chi connectivity index (χ3n) is 5.53. The van der Waals surface area contributed by atoms with E-state index in [1.165, 1.54) is 12.1 Å². The number of carboxylic acid groups (broad SMARTS) is 2. The number of nitrogens with one attached hydrogen (secondary N) is 2. The van der Waals surface area contributed by atoms with Gasteiger partial charge in [-0.05, 0) is 43.7 Å². The molecule has 190 valence electrons. The molecule has 35 heavy (non-hydrogen) atoms. The Balaban J connectivity index is 2.51. The summed E-state index contributed by atoms with van der Waals surface area (Å²) in [6, 6.07) is 8.15. The maximum atomic E-state index is 12.0. The van der Waals surface area contributed by atoms with Gasteiger partial charge in [-0.3, -0.25) is 9.59 Å². The molecule has 1 unspecified atom stereocenters. The van der Waals surface area contributed by atoms with Crippen molar-refractivity contribution in [2.24, 2.45) is 0 Å². The Morgan fingerprint density at radius 3 is 2.29 bits per heavy atom. The maximum absolute atomic E-state index is 12.0. The maximum Gasteiger partial charge on any atom is 0.359 e. The fourth-order valence-corrected chi connectivity index (χ4v) is 4.22. The van der Waals surface area contributed by atoms with E-state index >= 15 is 0 Å². The number of anilines is 1. The Labute approximate surface area is 211 Å². The second-order valence-corrected chi connectivity index (χ2v) is 9.18. The van der Waals surface area contributed by atoms with E-state index < -0.39 is 11.9 Å². The summed E-state index contributed by atoms with van der Waals surface area (Å²) in [7, 11) is 0. The molecular weight excluding hydrogens is 522 g/mol. The fourth-order valence-electron chi connectivity index (χ4n) is 4.08. The van der Waals surface area contributed by atoms with E-state index in [2.05, 4.69) is 26.6 Å². The number of benzene rings is 2. The molecule has 0 heterocycles. The smallest absolute Gasteiger partial charge is 0.359 e. The van der Waals surface area contributed by atoms with E-state index in [1.54, 1.807) is 19.1 Å². The minimum Gasteiger partial charge on any atom is -0.507 e. The highest BCUT2D eigenvalue weighted by atomic mass is 79.9. The van der Waals surface area contributed by atoms with Gasteiger partial charge in [0, 0.05) is 17.8 Å². The van der Waals surface area contributed by atoms with E-state index in [-0.39, 0.29) is 66.5 Å². The first-order valence-electron chi connectivity index (χ1n) is 10.9. The monoisotopic (exact) mass is 552 g/mol. The van der Waals surface area contributed by atoms with Crippen molar-refractivity contribution in [3.8, 4) is 11.5 Å². The van der Waals surface area contributed by atoms with E-state index in [4.69, 9.17) is 5.11 Å². The van der Waals surface area contributed by atoms with Crippen LogP contribution in [-0.4, -0.2) is 74.3 Å². The largest absolute Gasteiger partial charge is 0.507 e. The quantitative estimate of drug-likeness (QED) is 0.0956. The fraction of sp³-hybridized carbons (Fsp3) is 0.375. The van der Waals surface area contributed by atoms with Crippen molar-refractivity contribution in [3.05, 3.63) is 52.6 Å². The number of aryl methyl sites for hydroxylation is 2. The topological polar surface area (TPSA) is 156 Å². The first-order valence-corrected chi connectivity index (χ1v) is 12.0. The van der Waals surface area contributed by atoms with Gasteiger partial charge in [0.15, 0.2) is 6.54 Å². The molecule has 0 fully saturated rings. The third kappa shape index (κ3) is 8.53. The second-order valence-electron chi connectivity index (χ2n) is 8.62. The number of rotatable bonds is 13. The number of aromatic hydroxyl groups is 2. The molecule has 0 spiro atoms. The van der Waals surface area contributed by atoms with Crippen molar-refractivity contribution in [2.45, 2.75) is 26.9 Å². The predicted molar refractivity (Wildman–Crippen MR) is 134 cm³/mol. The average Bonchev–Trinajstić information content (AvgIpc) is 2.76. The van der Waals surface area contributed by atoms with E-state index in [1.807, 2.05) is 13.0 Å². The molecule has 1 atom stereocenters. The zero-order valence-corrected chi connectivity index (χ0v) is 21.3. The highest BCUT2D eigenvalue weighted by molar-refractivity contribution is 9.09. The zero-order valence-electron chi connectivity index (χ0n) is 19.7. The lowest BCUT2D eigenvalue weighted by Crippen LogP contribution is -2.53. The number of nitrogens with zero attached hydrogens (tertiary/aromatic N) is 1. The number of hydrogen-bond acceptors (Lipinski definition) is 6. The van der Waals surface area contributed by atoms with Gasteiger partial charge in [0.25, 0.3) is 0 Å². The molecule has 0 aromatic heterocycles. The van der Waals surface area contributed by atoms with E-state index in [0.29, 0.717) is 22.4 Å². The Morgan fingerprint density at radius 2 is 1.66 bits per heavy atom. The van der Waals surface area contributed by atoms with Crippen molar-refractivity contribution in [2.75, 3.05) is 36.8 Å². The van der Waals surface area contributed by atoms with Gasteiger partial charge in [-0.15, -0.1) is 0 Å². The lowest BCUT2D eigenvalue weighted by molar-refractivity contribution is -0.946. The van der Waals surface area contributed by atoms with E-state index in [0.717, 1.165) is 5.56 Å². The van der Waals surface area contributed by atoms with Crippen LogP contribution in [0.2, 0.25) is 0 Å². The van der Waals surface area contributed by atoms with Crippen LogP contribution in [0.1, 0.15) is 22.3 Å². The number of alkyl halides is 1. The number of phenols is 2. The number of aliphatic carboxylic acids is 2. The van der Waals surface area contributed by atoms with Gasteiger partial charge in [-0.25, -0.2) is 4.79 Å².